The van der Waals surface area contributed by atoms with Crippen LogP contribution in [0.3, 0.4) is 0 Å². The van der Waals surface area contributed by atoms with Crippen molar-refractivity contribution in [2.24, 2.45) is 0 Å². The smallest absolute Gasteiger partial charge is 0.306 e. The maximum Gasteiger partial charge on any atom is 0.306 e. The van der Waals surface area contributed by atoms with Crippen molar-refractivity contribution in [2.45, 2.75) is 19.6 Å². The van der Waals surface area contributed by atoms with Gasteiger partial charge in [-0.25, -0.2) is 0 Å². The summed E-state index contributed by atoms with van der Waals surface area (Å²) in [6.07, 6.45) is 0.187. The molecule has 122 valence electrons. The van der Waals surface area contributed by atoms with Gasteiger partial charge in [0.25, 0.3) is 0 Å². The zero-order chi connectivity index (χ0) is 16.9. The zero-order valence-corrected chi connectivity index (χ0v) is 13.7. The number of benzene rings is 2. The summed E-state index contributed by atoms with van der Waals surface area (Å²) in [6, 6.07) is 15.8. The van der Waals surface area contributed by atoms with Crippen molar-refractivity contribution in [1.29, 1.82) is 0 Å². The molecule has 0 amide bonds. The van der Waals surface area contributed by atoms with E-state index < -0.39 is 16.2 Å². The molecule has 0 aliphatic rings. The van der Waals surface area contributed by atoms with E-state index in [9.17, 15) is 13.2 Å². The van der Waals surface area contributed by atoms with Gasteiger partial charge in [-0.3, -0.25) is 4.79 Å². The molecule has 0 spiro atoms. The summed E-state index contributed by atoms with van der Waals surface area (Å²) in [5.74, 6) is -0.0167. The SMILES string of the molecule is CC(=O)C(OCc1ccccc1)c1cccc(OS(C)(=O)=O)c1. The molecule has 0 saturated heterocycles. The Hall–Kier alpha value is -2.18. The van der Waals surface area contributed by atoms with Crippen molar-refractivity contribution in [2.75, 3.05) is 6.26 Å². The van der Waals surface area contributed by atoms with Gasteiger partial charge in [-0.2, -0.15) is 8.42 Å². The number of rotatable bonds is 7. The summed E-state index contributed by atoms with van der Waals surface area (Å²) in [4.78, 5) is 11.9. The van der Waals surface area contributed by atoms with Crippen molar-refractivity contribution in [3.05, 3.63) is 65.7 Å². The minimum absolute atomic E-state index is 0.152. The van der Waals surface area contributed by atoms with Gasteiger partial charge in [0.15, 0.2) is 5.78 Å². The summed E-state index contributed by atoms with van der Waals surface area (Å²) in [7, 11) is -3.62. The molecule has 1 unspecified atom stereocenters. The van der Waals surface area contributed by atoms with E-state index in [-0.39, 0.29) is 18.1 Å². The Kier molecular flexibility index (Phi) is 5.52. The zero-order valence-electron chi connectivity index (χ0n) is 12.9. The van der Waals surface area contributed by atoms with Crippen LogP contribution in [0.4, 0.5) is 0 Å². The van der Waals surface area contributed by atoms with Crippen LogP contribution in [-0.2, 0) is 26.3 Å². The van der Waals surface area contributed by atoms with Crippen LogP contribution < -0.4 is 4.18 Å². The van der Waals surface area contributed by atoms with Gasteiger partial charge in [0.2, 0.25) is 0 Å². The summed E-state index contributed by atoms with van der Waals surface area (Å²) in [6.45, 7) is 1.71. The molecule has 0 radical (unpaired) electrons. The highest BCUT2D eigenvalue weighted by atomic mass is 32.2. The first-order valence-corrected chi connectivity index (χ1v) is 8.82. The first-order chi connectivity index (χ1) is 10.8. The Labute approximate surface area is 136 Å². The van der Waals surface area contributed by atoms with Gasteiger partial charge in [-0.05, 0) is 30.2 Å². The normalized spacial score (nSPS) is 12.6. The minimum atomic E-state index is -3.62. The van der Waals surface area contributed by atoms with Gasteiger partial charge in [0, 0.05) is 0 Å². The fourth-order valence-electron chi connectivity index (χ4n) is 2.11. The lowest BCUT2D eigenvalue weighted by Crippen LogP contribution is -2.13. The molecule has 0 fully saturated rings. The average molecular weight is 334 g/mol. The van der Waals surface area contributed by atoms with Crippen LogP contribution in [0.1, 0.15) is 24.2 Å². The summed E-state index contributed by atoms with van der Waals surface area (Å²) in [5, 5.41) is 0. The fraction of sp³-hybridized carbons (Fsp3) is 0.235. The third-order valence-corrected chi connectivity index (χ3v) is 3.53. The van der Waals surface area contributed by atoms with Crippen LogP contribution in [0.15, 0.2) is 54.6 Å². The molecule has 0 N–H and O–H groups in total. The van der Waals surface area contributed by atoms with Crippen LogP contribution in [0.5, 0.6) is 5.75 Å². The minimum Gasteiger partial charge on any atom is -0.383 e. The average Bonchev–Trinajstić information content (AvgIpc) is 2.47. The van der Waals surface area contributed by atoms with E-state index in [1.54, 1.807) is 12.1 Å². The summed E-state index contributed by atoms with van der Waals surface area (Å²) < 4.78 is 33.0. The molecule has 0 saturated carbocycles. The quantitative estimate of drug-likeness (QED) is 0.728. The van der Waals surface area contributed by atoms with E-state index in [1.807, 2.05) is 30.3 Å². The molecule has 0 aliphatic heterocycles. The Morgan fingerprint density at radius 1 is 1.09 bits per heavy atom. The molecule has 0 heterocycles. The lowest BCUT2D eigenvalue weighted by Gasteiger charge is -2.16. The lowest BCUT2D eigenvalue weighted by atomic mass is 10.1. The number of Topliss-reactive ketones (excluding diaryl/α,β-unsaturated/α-hetero) is 1. The first kappa shape index (κ1) is 17.2. The molecule has 5 nitrogen and oxygen atoms in total. The van der Waals surface area contributed by atoms with E-state index in [1.165, 1.54) is 19.1 Å². The number of ether oxygens (including phenoxy) is 1. The second-order valence-corrected chi connectivity index (χ2v) is 6.72. The van der Waals surface area contributed by atoms with E-state index >= 15 is 0 Å². The highest BCUT2D eigenvalue weighted by molar-refractivity contribution is 7.86. The molecule has 0 aromatic heterocycles. The van der Waals surface area contributed by atoms with E-state index in [2.05, 4.69) is 0 Å². The topological polar surface area (TPSA) is 69.7 Å². The number of hydrogen-bond acceptors (Lipinski definition) is 5. The van der Waals surface area contributed by atoms with Gasteiger partial charge < -0.3 is 8.92 Å². The van der Waals surface area contributed by atoms with Gasteiger partial charge >= 0.3 is 10.1 Å². The van der Waals surface area contributed by atoms with Gasteiger partial charge in [0.05, 0.1) is 12.9 Å². The van der Waals surface area contributed by atoms with Gasteiger partial charge in [-0.15, -0.1) is 0 Å². The second kappa shape index (κ2) is 7.39. The molecule has 23 heavy (non-hydrogen) atoms. The predicted octanol–water partition coefficient (Wildman–Crippen LogP) is 2.87. The fourth-order valence-corrected chi connectivity index (χ4v) is 2.56. The largest absolute Gasteiger partial charge is 0.383 e. The molecule has 0 bridgehead atoms. The molecule has 2 aromatic rings. The Morgan fingerprint density at radius 3 is 2.39 bits per heavy atom. The number of ketones is 1. The molecule has 0 aliphatic carbocycles. The number of carbonyl (C=O) groups is 1. The van der Waals surface area contributed by atoms with Crippen LogP contribution >= 0.6 is 0 Å². The predicted molar refractivity (Wildman–Crippen MR) is 86.6 cm³/mol. The second-order valence-electron chi connectivity index (χ2n) is 5.15. The monoisotopic (exact) mass is 334 g/mol. The van der Waals surface area contributed by atoms with Crippen LogP contribution in [0.2, 0.25) is 0 Å². The van der Waals surface area contributed by atoms with Crippen molar-refractivity contribution in [3.63, 3.8) is 0 Å². The van der Waals surface area contributed by atoms with Crippen LogP contribution in [0, 0.1) is 0 Å². The summed E-state index contributed by atoms with van der Waals surface area (Å²) in [5.41, 5.74) is 1.50. The standard InChI is InChI=1S/C17H18O5S/c1-13(18)17(21-12-14-7-4-3-5-8-14)15-9-6-10-16(11-15)22-23(2,19)20/h3-11,17H,12H2,1-2H3. The van der Waals surface area contributed by atoms with Gasteiger partial charge in [0.1, 0.15) is 11.9 Å². The van der Waals surface area contributed by atoms with Crippen molar-refractivity contribution in [3.8, 4) is 5.75 Å². The maximum atomic E-state index is 11.9. The molecular weight excluding hydrogens is 316 g/mol. The van der Waals surface area contributed by atoms with Crippen LogP contribution in [-0.4, -0.2) is 20.5 Å². The summed E-state index contributed by atoms with van der Waals surface area (Å²) >= 11 is 0. The van der Waals surface area contributed by atoms with Crippen molar-refractivity contribution in [1.82, 2.24) is 0 Å². The molecule has 2 aromatic carbocycles. The van der Waals surface area contributed by atoms with E-state index in [0.717, 1.165) is 11.8 Å². The Balaban J connectivity index is 2.17. The van der Waals surface area contributed by atoms with Gasteiger partial charge in [-0.1, -0.05) is 42.5 Å². The third-order valence-electron chi connectivity index (χ3n) is 3.04. The van der Waals surface area contributed by atoms with E-state index in [0.29, 0.717) is 5.56 Å². The third kappa shape index (κ3) is 5.50. The molecule has 1 atom stereocenters. The molecular formula is C17H18O5S. The van der Waals surface area contributed by atoms with Crippen molar-refractivity contribution >= 4 is 15.9 Å². The highest BCUT2D eigenvalue weighted by Crippen LogP contribution is 2.25. The Bertz CT molecular complexity index is 769. The van der Waals surface area contributed by atoms with Crippen LogP contribution in [0.25, 0.3) is 0 Å². The number of hydrogen-bond donors (Lipinski definition) is 0. The van der Waals surface area contributed by atoms with Crippen molar-refractivity contribution < 1.29 is 22.1 Å². The maximum absolute atomic E-state index is 11.9. The molecule has 2 rings (SSSR count). The lowest BCUT2D eigenvalue weighted by molar-refractivity contribution is -0.129. The molecule has 6 heteroatoms. The Morgan fingerprint density at radius 2 is 1.78 bits per heavy atom. The highest BCUT2D eigenvalue weighted by Gasteiger charge is 2.19. The van der Waals surface area contributed by atoms with E-state index in [4.69, 9.17) is 8.92 Å². The number of carbonyl (C=O) groups excluding carboxylic acids is 1. The first-order valence-electron chi connectivity index (χ1n) is 7.00.